The van der Waals surface area contributed by atoms with Gasteiger partial charge in [0, 0.05) is 0 Å². The van der Waals surface area contributed by atoms with Crippen molar-refractivity contribution in [2.75, 3.05) is 0 Å². The molecular weight excluding hydrogens is 287 g/mol. The molecule has 4 bridgehead atoms. The van der Waals surface area contributed by atoms with Crippen molar-refractivity contribution in [3.05, 3.63) is 12.7 Å². The van der Waals surface area contributed by atoms with Crippen molar-refractivity contribution in [2.24, 2.45) is 58.2 Å². The summed E-state index contributed by atoms with van der Waals surface area (Å²) in [5.41, 5.74) is 1.08. The first-order valence-electron chi connectivity index (χ1n) is 10.5. The third-order valence-electron chi connectivity index (χ3n) is 10.3. The molecular formula is C23H37B. The van der Waals surface area contributed by atoms with Crippen LogP contribution in [0.2, 0.25) is 5.31 Å². The first-order valence-corrected chi connectivity index (χ1v) is 10.5. The Kier molecular flexibility index (Phi) is 3.55. The van der Waals surface area contributed by atoms with Crippen LogP contribution in [0, 0.1) is 58.2 Å². The van der Waals surface area contributed by atoms with E-state index in [1.54, 1.807) is 0 Å². The number of hydrogen-bond acceptors (Lipinski definition) is 0. The molecule has 0 aliphatic heterocycles. The highest BCUT2D eigenvalue weighted by Gasteiger charge is 2.63. The average Bonchev–Trinajstić information content (AvgIpc) is 2.53. The van der Waals surface area contributed by atoms with Crippen LogP contribution in [0.25, 0.3) is 0 Å². The highest BCUT2D eigenvalue weighted by Crippen LogP contribution is 2.72. The maximum Gasteiger partial charge on any atom is 0.0809 e. The minimum absolute atomic E-state index is 0.153. The SMILES string of the molecule is [B]C(C=C)(C1CC2CC(C1C)C2(C)C)C1CC2CC(C1C)C2(C)C. The molecule has 6 fully saturated rings. The summed E-state index contributed by atoms with van der Waals surface area (Å²) in [6, 6.07) is 0. The van der Waals surface area contributed by atoms with E-state index >= 15 is 0 Å². The lowest BCUT2D eigenvalue weighted by Crippen LogP contribution is -2.61. The monoisotopic (exact) mass is 324 g/mol. The molecule has 8 atom stereocenters. The van der Waals surface area contributed by atoms with Gasteiger partial charge in [-0.3, -0.25) is 0 Å². The van der Waals surface area contributed by atoms with Crippen LogP contribution in [-0.4, -0.2) is 7.85 Å². The molecule has 2 radical (unpaired) electrons. The van der Waals surface area contributed by atoms with Gasteiger partial charge < -0.3 is 0 Å². The van der Waals surface area contributed by atoms with Crippen LogP contribution in [0.4, 0.5) is 0 Å². The average molecular weight is 324 g/mol. The number of fused-ring (bicyclic) bond motifs is 4. The molecule has 6 aliphatic rings. The van der Waals surface area contributed by atoms with Gasteiger partial charge >= 0.3 is 0 Å². The fourth-order valence-electron chi connectivity index (χ4n) is 8.20. The largest absolute Gasteiger partial charge is 0.103 e. The molecule has 0 amide bonds. The zero-order valence-corrected chi connectivity index (χ0v) is 16.8. The van der Waals surface area contributed by atoms with Gasteiger partial charge in [0.2, 0.25) is 0 Å². The summed E-state index contributed by atoms with van der Waals surface area (Å²) >= 11 is 0. The van der Waals surface area contributed by atoms with Gasteiger partial charge in [0.15, 0.2) is 0 Å². The van der Waals surface area contributed by atoms with E-state index in [1.165, 1.54) is 25.7 Å². The van der Waals surface area contributed by atoms with Crippen LogP contribution < -0.4 is 0 Å². The zero-order valence-electron chi connectivity index (χ0n) is 16.8. The predicted octanol–water partition coefficient (Wildman–Crippen LogP) is 6.14. The van der Waals surface area contributed by atoms with Crippen molar-refractivity contribution >= 4 is 7.85 Å². The molecule has 0 aromatic heterocycles. The van der Waals surface area contributed by atoms with Crippen LogP contribution in [0.1, 0.15) is 67.2 Å². The molecule has 0 saturated heterocycles. The Balaban J connectivity index is 1.60. The molecule has 0 aromatic carbocycles. The summed E-state index contributed by atoms with van der Waals surface area (Å²) < 4.78 is 0. The standard InChI is InChI=1S/C23H37B/c1-8-23(24,19-11-15-9-17(13(19)2)21(15,4)5)20-12-16-10-18(14(20)3)22(16,6)7/h8,13-20H,1,9-12H2,2-7H3. The summed E-state index contributed by atoms with van der Waals surface area (Å²) in [6.07, 6.45) is 7.72. The van der Waals surface area contributed by atoms with Gasteiger partial charge in [0.05, 0.1) is 7.85 Å². The summed E-state index contributed by atoms with van der Waals surface area (Å²) in [5, 5.41) is -0.153. The molecule has 6 rings (SSSR count). The van der Waals surface area contributed by atoms with Gasteiger partial charge in [-0.15, -0.1) is 6.58 Å². The number of allylic oxidation sites excluding steroid dienone is 1. The summed E-state index contributed by atoms with van der Waals surface area (Å²) in [4.78, 5) is 0. The van der Waals surface area contributed by atoms with E-state index in [4.69, 9.17) is 7.85 Å². The first-order chi connectivity index (χ1) is 11.0. The molecule has 0 heterocycles. The van der Waals surface area contributed by atoms with Crippen molar-refractivity contribution in [3.63, 3.8) is 0 Å². The lowest BCUT2D eigenvalue weighted by atomic mass is 9.33. The molecule has 6 aliphatic carbocycles. The minimum Gasteiger partial charge on any atom is -0.103 e. The van der Waals surface area contributed by atoms with Gasteiger partial charge in [-0.25, -0.2) is 0 Å². The van der Waals surface area contributed by atoms with Crippen LogP contribution in [0.5, 0.6) is 0 Å². The van der Waals surface area contributed by atoms with Gasteiger partial charge in [-0.05, 0) is 89.2 Å². The Hall–Kier alpha value is -0.195. The van der Waals surface area contributed by atoms with Crippen LogP contribution in [-0.2, 0) is 0 Å². The van der Waals surface area contributed by atoms with Gasteiger partial charge in [0.1, 0.15) is 0 Å². The zero-order chi connectivity index (χ0) is 17.7. The second-order valence-corrected chi connectivity index (χ2v) is 11.3. The van der Waals surface area contributed by atoms with E-state index in [0.717, 1.165) is 35.5 Å². The molecule has 132 valence electrons. The summed E-state index contributed by atoms with van der Waals surface area (Å²) in [5.74, 6) is 6.27. The Labute approximate surface area is 151 Å². The lowest BCUT2D eigenvalue weighted by Gasteiger charge is -2.69. The molecule has 0 spiro atoms. The smallest absolute Gasteiger partial charge is 0.0809 e. The first kappa shape index (κ1) is 17.2. The van der Waals surface area contributed by atoms with Crippen LogP contribution >= 0.6 is 0 Å². The molecule has 0 aromatic rings. The van der Waals surface area contributed by atoms with Crippen molar-refractivity contribution in [3.8, 4) is 0 Å². The fraction of sp³-hybridized carbons (Fsp3) is 0.913. The maximum absolute atomic E-state index is 7.25. The second kappa shape index (κ2) is 4.95. The third kappa shape index (κ3) is 1.88. The van der Waals surface area contributed by atoms with Gasteiger partial charge in [0.25, 0.3) is 0 Å². The third-order valence-corrected chi connectivity index (χ3v) is 10.3. The number of hydrogen-bond donors (Lipinski definition) is 0. The molecule has 24 heavy (non-hydrogen) atoms. The van der Waals surface area contributed by atoms with E-state index in [9.17, 15) is 0 Å². The number of rotatable bonds is 3. The molecule has 1 heteroatoms. The lowest BCUT2D eigenvalue weighted by molar-refractivity contribution is -0.166. The Bertz CT molecular complexity index is 502. The van der Waals surface area contributed by atoms with Crippen LogP contribution in [0.15, 0.2) is 12.7 Å². The Morgan fingerprint density at radius 2 is 1.21 bits per heavy atom. The normalized spacial score (nSPS) is 53.2. The molecule has 6 saturated carbocycles. The summed E-state index contributed by atoms with van der Waals surface area (Å²) in [6.45, 7) is 19.2. The van der Waals surface area contributed by atoms with Crippen molar-refractivity contribution < 1.29 is 0 Å². The van der Waals surface area contributed by atoms with E-state index in [2.05, 4.69) is 54.2 Å². The predicted molar refractivity (Wildman–Crippen MR) is 104 cm³/mol. The molecule has 0 N–H and O–H groups in total. The minimum atomic E-state index is -0.153. The van der Waals surface area contributed by atoms with E-state index in [0.29, 0.717) is 22.7 Å². The van der Waals surface area contributed by atoms with Crippen molar-refractivity contribution in [1.82, 2.24) is 0 Å². The second-order valence-electron chi connectivity index (χ2n) is 11.3. The van der Waals surface area contributed by atoms with Gasteiger partial charge in [-0.1, -0.05) is 47.6 Å². The van der Waals surface area contributed by atoms with Crippen LogP contribution in [0.3, 0.4) is 0 Å². The van der Waals surface area contributed by atoms with E-state index < -0.39 is 0 Å². The van der Waals surface area contributed by atoms with E-state index in [-0.39, 0.29) is 5.31 Å². The Morgan fingerprint density at radius 3 is 1.46 bits per heavy atom. The Morgan fingerprint density at radius 1 is 0.833 bits per heavy atom. The van der Waals surface area contributed by atoms with E-state index in [1.807, 2.05) is 0 Å². The highest BCUT2D eigenvalue weighted by atomic mass is 14.7. The highest BCUT2D eigenvalue weighted by molar-refractivity contribution is 6.17. The quantitative estimate of drug-likeness (QED) is 0.432. The van der Waals surface area contributed by atoms with Gasteiger partial charge in [-0.2, -0.15) is 0 Å². The maximum atomic E-state index is 7.25. The van der Waals surface area contributed by atoms with Crippen molar-refractivity contribution in [1.29, 1.82) is 0 Å². The summed E-state index contributed by atoms with van der Waals surface area (Å²) in [7, 11) is 7.25. The van der Waals surface area contributed by atoms with Crippen molar-refractivity contribution in [2.45, 2.75) is 72.5 Å². The topological polar surface area (TPSA) is 0 Å². The fourth-order valence-corrected chi connectivity index (χ4v) is 8.20. The molecule has 8 unspecified atom stereocenters. The molecule has 0 nitrogen and oxygen atoms in total.